The third-order valence-electron chi connectivity index (χ3n) is 9.56. The molecule has 6 aromatic rings. The van der Waals surface area contributed by atoms with Gasteiger partial charge in [-0.3, -0.25) is 0 Å². The van der Waals surface area contributed by atoms with Crippen molar-refractivity contribution in [2.45, 2.75) is 52.4 Å². The summed E-state index contributed by atoms with van der Waals surface area (Å²) >= 11 is 0. The highest BCUT2D eigenvalue weighted by molar-refractivity contribution is 6.15. The van der Waals surface area contributed by atoms with Crippen LogP contribution in [0, 0.1) is 13.8 Å². The summed E-state index contributed by atoms with van der Waals surface area (Å²) in [4.78, 5) is 2.44. The largest absolute Gasteiger partial charge is 0.310 e. The molecule has 0 saturated heterocycles. The predicted octanol–water partition coefficient (Wildman–Crippen LogP) is 10.1. The molecule has 2 aliphatic heterocycles. The smallest absolute Gasteiger partial charge is 0.0583 e. The van der Waals surface area contributed by atoms with Gasteiger partial charge in [0.15, 0.2) is 0 Å². The van der Waals surface area contributed by atoms with E-state index >= 15 is 0 Å². The van der Waals surface area contributed by atoms with Crippen molar-refractivity contribution in [3.63, 3.8) is 0 Å². The monoisotopic (exact) mass is 518 g/mol. The third-order valence-corrected chi connectivity index (χ3v) is 9.56. The molecular formula is C38H34N2. The summed E-state index contributed by atoms with van der Waals surface area (Å²) in [6.07, 6.45) is 0. The number of anilines is 3. The van der Waals surface area contributed by atoms with Crippen LogP contribution in [-0.2, 0) is 10.8 Å². The van der Waals surface area contributed by atoms with Crippen LogP contribution in [0.1, 0.15) is 61.1 Å². The maximum absolute atomic E-state index is 2.60. The van der Waals surface area contributed by atoms with Crippen LogP contribution in [0.25, 0.3) is 27.5 Å². The van der Waals surface area contributed by atoms with Gasteiger partial charge >= 0.3 is 0 Å². The number of benzene rings is 5. The lowest BCUT2D eigenvalue weighted by molar-refractivity contribution is 0.593. The van der Waals surface area contributed by atoms with Gasteiger partial charge in [-0.15, -0.1) is 0 Å². The van der Waals surface area contributed by atoms with Gasteiger partial charge in [0.1, 0.15) is 0 Å². The average molecular weight is 519 g/mol. The number of para-hydroxylation sites is 3. The van der Waals surface area contributed by atoms with Gasteiger partial charge in [-0.25, -0.2) is 0 Å². The third kappa shape index (κ3) is 2.89. The summed E-state index contributed by atoms with van der Waals surface area (Å²) in [6, 6.07) is 36.5. The van der Waals surface area contributed by atoms with E-state index in [1.807, 2.05) is 0 Å². The summed E-state index contributed by atoms with van der Waals surface area (Å²) in [5.41, 5.74) is 15.7. The Kier molecular flexibility index (Phi) is 4.52. The molecule has 0 spiro atoms. The predicted molar refractivity (Wildman–Crippen MR) is 169 cm³/mol. The number of fused-ring (bicyclic) bond motifs is 1. The first-order chi connectivity index (χ1) is 19.2. The van der Waals surface area contributed by atoms with Gasteiger partial charge in [0.2, 0.25) is 0 Å². The topological polar surface area (TPSA) is 8.17 Å². The van der Waals surface area contributed by atoms with E-state index < -0.39 is 0 Å². The van der Waals surface area contributed by atoms with Crippen molar-refractivity contribution in [3.05, 3.63) is 130 Å². The van der Waals surface area contributed by atoms with Crippen LogP contribution < -0.4 is 4.90 Å². The Hall–Kier alpha value is -4.30. The highest BCUT2D eigenvalue weighted by Crippen LogP contribution is 2.56. The molecule has 2 heteroatoms. The molecule has 196 valence electrons. The molecule has 0 unspecified atom stereocenters. The number of hydrogen-bond acceptors (Lipinski definition) is 1. The van der Waals surface area contributed by atoms with E-state index in [4.69, 9.17) is 0 Å². The van der Waals surface area contributed by atoms with Gasteiger partial charge in [-0.05, 0) is 83.6 Å². The highest BCUT2D eigenvalue weighted by Gasteiger charge is 2.43. The second-order valence-electron chi connectivity index (χ2n) is 12.9. The van der Waals surface area contributed by atoms with E-state index in [1.165, 1.54) is 77.9 Å². The van der Waals surface area contributed by atoms with Crippen molar-refractivity contribution in [2.24, 2.45) is 0 Å². The Morgan fingerprint density at radius 3 is 1.77 bits per heavy atom. The second-order valence-corrected chi connectivity index (χ2v) is 12.9. The molecule has 40 heavy (non-hydrogen) atoms. The van der Waals surface area contributed by atoms with Crippen molar-refractivity contribution < 1.29 is 0 Å². The lowest BCUT2D eigenvalue weighted by Gasteiger charge is -2.42. The van der Waals surface area contributed by atoms with E-state index in [2.05, 4.69) is 148 Å². The van der Waals surface area contributed by atoms with E-state index in [0.717, 1.165) is 0 Å². The molecule has 3 heterocycles. The summed E-state index contributed by atoms with van der Waals surface area (Å²) in [5, 5.41) is 2.68. The standard InChI is InChI=1S/C38H34N2/c1-23-18-24(2)20-26(19-23)39(25-12-8-7-9-13-25)27-21-29-28-14-10-15-30-34(28)40-35(29)33(22-27)38(5,6)32-17-11-16-31(36(32)40)37(30,3)4/h7-22H,1-6H3. The minimum Gasteiger partial charge on any atom is -0.310 e. The normalized spacial score (nSPS) is 15.7. The van der Waals surface area contributed by atoms with Crippen LogP contribution in [-0.4, -0.2) is 4.57 Å². The first-order valence-electron chi connectivity index (χ1n) is 14.4. The number of nitrogens with zero attached hydrogens (tertiary/aromatic N) is 2. The van der Waals surface area contributed by atoms with E-state index in [0.29, 0.717) is 0 Å². The molecule has 5 aromatic carbocycles. The lowest BCUT2D eigenvalue weighted by atomic mass is 9.68. The number of aromatic nitrogens is 1. The molecule has 2 nitrogen and oxygen atoms in total. The molecule has 0 N–H and O–H groups in total. The van der Waals surface area contributed by atoms with E-state index in [-0.39, 0.29) is 10.8 Å². The van der Waals surface area contributed by atoms with Gasteiger partial charge in [0.25, 0.3) is 0 Å². The fourth-order valence-corrected chi connectivity index (χ4v) is 7.70. The SMILES string of the molecule is Cc1cc(C)cc(N(c2ccccc2)c2cc3c4c(c2)c2cccc5c2n4-c2c(cccc2C3(C)C)C5(C)C)c1. The summed E-state index contributed by atoms with van der Waals surface area (Å²) in [7, 11) is 0. The van der Waals surface area contributed by atoms with Crippen molar-refractivity contribution >= 4 is 38.9 Å². The second kappa shape index (κ2) is 7.67. The highest BCUT2D eigenvalue weighted by atomic mass is 15.1. The van der Waals surface area contributed by atoms with Gasteiger partial charge in [-0.2, -0.15) is 0 Å². The average Bonchev–Trinajstić information content (AvgIpc) is 3.26. The number of aryl methyl sites for hydroxylation is 2. The Bertz CT molecular complexity index is 2000. The van der Waals surface area contributed by atoms with Crippen LogP contribution in [0.5, 0.6) is 0 Å². The molecular weight excluding hydrogens is 484 g/mol. The molecule has 0 aliphatic carbocycles. The molecule has 0 amide bonds. The van der Waals surface area contributed by atoms with Crippen molar-refractivity contribution in [3.8, 4) is 5.69 Å². The molecule has 0 radical (unpaired) electrons. The first kappa shape index (κ1) is 23.6. The Balaban J connectivity index is 1.54. The summed E-state index contributed by atoms with van der Waals surface area (Å²) < 4.78 is 2.60. The number of rotatable bonds is 3. The first-order valence-corrected chi connectivity index (χ1v) is 14.4. The lowest BCUT2D eigenvalue weighted by Crippen LogP contribution is -2.33. The van der Waals surface area contributed by atoms with Crippen LogP contribution in [0.2, 0.25) is 0 Å². The van der Waals surface area contributed by atoms with Gasteiger partial charge < -0.3 is 9.47 Å². The van der Waals surface area contributed by atoms with Gasteiger partial charge in [0, 0.05) is 38.7 Å². The fraction of sp³-hybridized carbons (Fsp3) is 0.211. The quantitative estimate of drug-likeness (QED) is 0.226. The van der Waals surface area contributed by atoms with Gasteiger partial charge in [-0.1, -0.05) is 88.4 Å². The van der Waals surface area contributed by atoms with Crippen LogP contribution in [0.3, 0.4) is 0 Å². The molecule has 8 rings (SSSR count). The minimum absolute atomic E-state index is 0.0686. The van der Waals surface area contributed by atoms with Crippen LogP contribution in [0.15, 0.2) is 97.1 Å². The molecule has 0 bridgehead atoms. The van der Waals surface area contributed by atoms with Crippen LogP contribution >= 0.6 is 0 Å². The molecule has 0 fully saturated rings. The minimum atomic E-state index is -0.150. The fourth-order valence-electron chi connectivity index (χ4n) is 7.70. The summed E-state index contributed by atoms with van der Waals surface area (Å²) in [6.45, 7) is 14.0. The van der Waals surface area contributed by atoms with Crippen molar-refractivity contribution in [1.29, 1.82) is 0 Å². The summed E-state index contributed by atoms with van der Waals surface area (Å²) in [5.74, 6) is 0. The Labute approximate surface area is 236 Å². The molecule has 1 aromatic heterocycles. The van der Waals surface area contributed by atoms with Gasteiger partial charge in [0.05, 0.1) is 16.7 Å². The Morgan fingerprint density at radius 1 is 0.500 bits per heavy atom. The molecule has 2 aliphatic rings. The zero-order valence-corrected chi connectivity index (χ0v) is 24.1. The molecule has 0 saturated carbocycles. The Morgan fingerprint density at radius 2 is 1.07 bits per heavy atom. The molecule has 0 atom stereocenters. The maximum Gasteiger partial charge on any atom is 0.0583 e. The van der Waals surface area contributed by atoms with Crippen LogP contribution in [0.4, 0.5) is 17.1 Å². The van der Waals surface area contributed by atoms with Crippen molar-refractivity contribution in [1.82, 2.24) is 4.57 Å². The van der Waals surface area contributed by atoms with Crippen molar-refractivity contribution in [2.75, 3.05) is 4.90 Å². The number of hydrogen-bond donors (Lipinski definition) is 0. The zero-order valence-electron chi connectivity index (χ0n) is 24.1. The van der Waals surface area contributed by atoms with E-state index in [1.54, 1.807) is 0 Å². The maximum atomic E-state index is 2.60. The zero-order chi connectivity index (χ0) is 27.6. The van der Waals surface area contributed by atoms with E-state index in [9.17, 15) is 0 Å².